The van der Waals surface area contributed by atoms with E-state index in [9.17, 15) is 18.0 Å². The summed E-state index contributed by atoms with van der Waals surface area (Å²) in [6, 6.07) is 9.42. The van der Waals surface area contributed by atoms with Crippen LogP contribution in [0.2, 0.25) is 0 Å². The minimum atomic E-state index is -4.44. The van der Waals surface area contributed by atoms with Crippen molar-refractivity contribution in [3.8, 4) is 5.88 Å². The number of fused-ring (bicyclic) bond motifs is 1. The summed E-state index contributed by atoms with van der Waals surface area (Å²) >= 11 is 1.44. The molecule has 0 aliphatic heterocycles. The number of nitrogens with zero attached hydrogens (tertiary/aromatic N) is 1. The Bertz CT molecular complexity index is 812. The van der Waals surface area contributed by atoms with Gasteiger partial charge in [-0.05, 0) is 48.6 Å². The normalized spacial score (nSPS) is 13.3. The zero-order valence-corrected chi connectivity index (χ0v) is 15.3. The van der Waals surface area contributed by atoms with Crippen LogP contribution >= 0.6 is 11.8 Å². The summed E-state index contributed by atoms with van der Waals surface area (Å²) < 4.78 is 41.6. The molecule has 4 nitrogen and oxygen atoms in total. The van der Waals surface area contributed by atoms with Crippen LogP contribution in [0.4, 0.5) is 13.2 Å². The molecule has 0 atom stereocenters. The van der Waals surface area contributed by atoms with E-state index in [1.54, 1.807) is 12.1 Å². The summed E-state index contributed by atoms with van der Waals surface area (Å²) in [5.74, 6) is -0.0924. The quantitative estimate of drug-likeness (QED) is 0.721. The van der Waals surface area contributed by atoms with Crippen molar-refractivity contribution < 1.29 is 22.7 Å². The molecule has 0 radical (unpaired) electrons. The van der Waals surface area contributed by atoms with Crippen LogP contribution in [0.3, 0.4) is 0 Å². The fourth-order valence-corrected chi connectivity index (χ4v) is 3.66. The van der Waals surface area contributed by atoms with Crippen LogP contribution in [0.5, 0.6) is 5.88 Å². The summed E-state index contributed by atoms with van der Waals surface area (Å²) in [5.41, 5.74) is 3.13. The Balaban J connectivity index is 1.49. The maximum absolute atomic E-state index is 12.3. The Morgan fingerprint density at radius 3 is 2.85 bits per heavy atom. The predicted molar refractivity (Wildman–Crippen MR) is 96.8 cm³/mol. The molecule has 8 heteroatoms. The number of hydrogen-bond acceptors (Lipinski definition) is 4. The lowest BCUT2D eigenvalue weighted by Gasteiger charge is -2.12. The third kappa shape index (κ3) is 5.89. The number of pyridine rings is 1. The monoisotopic (exact) mass is 396 g/mol. The molecule has 0 unspecified atom stereocenters. The summed E-state index contributed by atoms with van der Waals surface area (Å²) in [4.78, 5) is 16.9. The summed E-state index contributed by atoms with van der Waals surface area (Å²) in [6.45, 7) is -1.36. The van der Waals surface area contributed by atoms with Crippen molar-refractivity contribution >= 4 is 17.7 Å². The third-order valence-electron chi connectivity index (χ3n) is 4.14. The number of hydrogen-bond donors (Lipinski definition) is 1. The third-order valence-corrected chi connectivity index (χ3v) is 5.13. The van der Waals surface area contributed by atoms with Gasteiger partial charge < -0.3 is 10.1 Å². The second kappa shape index (κ2) is 8.65. The van der Waals surface area contributed by atoms with E-state index >= 15 is 0 Å². The highest BCUT2D eigenvalue weighted by Gasteiger charge is 2.29. The fourth-order valence-electron chi connectivity index (χ4n) is 2.87. The molecule has 3 rings (SSSR count). The van der Waals surface area contributed by atoms with Gasteiger partial charge in [-0.25, -0.2) is 4.98 Å². The number of carbonyl (C=O) groups is 1. The topological polar surface area (TPSA) is 51.2 Å². The zero-order valence-electron chi connectivity index (χ0n) is 14.5. The highest BCUT2D eigenvalue weighted by molar-refractivity contribution is 8.00. The number of nitrogens with one attached hydrogen (secondary N) is 1. The SMILES string of the molecule is O=C(CSc1ccc2c(c1)CCC2)NCc1cccnc1OCC(F)(F)F. The summed E-state index contributed by atoms with van der Waals surface area (Å²) in [6.07, 6.45) is 0.279. The van der Waals surface area contributed by atoms with E-state index in [0.29, 0.717) is 5.56 Å². The molecule has 0 saturated carbocycles. The Kier molecular flexibility index (Phi) is 6.26. The Hall–Kier alpha value is -2.22. The lowest BCUT2D eigenvalue weighted by Crippen LogP contribution is -2.25. The molecule has 0 spiro atoms. The van der Waals surface area contributed by atoms with Gasteiger partial charge in [0.2, 0.25) is 11.8 Å². The Morgan fingerprint density at radius 2 is 2.04 bits per heavy atom. The first-order valence-corrected chi connectivity index (χ1v) is 9.54. The second-order valence-corrected chi connectivity index (χ2v) is 7.27. The number of benzene rings is 1. The molecular formula is C19H19F3N2O2S. The van der Waals surface area contributed by atoms with Crippen molar-refractivity contribution in [1.29, 1.82) is 0 Å². The van der Waals surface area contributed by atoms with E-state index in [2.05, 4.69) is 22.4 Å². The molecule has 2 aromatic rings. The smallest absolute Gasteiger partial charge is 0.422 e. The Labute approximate surface area is 159 Å². The number of thioether (sulfide) groups is 1. The number of carbonyl (C=O) groups excluding carboxylic acids is 1. The molecule has 1 aliphatic rings. The predicted octanol–water partition coefficient (Wildman–Crippen LogP) is 3.92. The molecule has 144 valence electrons. The molecular weight excluding hydrogens is 377 g/mol. The van der Waals surface area contributed by atoms with E-state index in [-0.39, 0.29) is 24.1 Å². The summed E-state index contributed by atoms with van der Waals surface area (Å²) in [7, 11) is 0. The standard InChI is InChI=1S/C19H19F3N2O2S/c20-19(21,22)12-26-18-15(5-2-8-23-18)10-24-17(25)11-27-16-7-6-13-3-1-4-14(13)9-16/h2,5-9H,1,3-4,10-12H2,(H,24,25). The molecule has 1 aliphatic carbocycles. The van der Waals surface area contributed by atoms with Gasteiger partial charge in [-0.1, -0.05) is 12.1 Å². The molecule has 0 fully saturated rings. The van der Waals surface area contributed by atoms with E-state index in [1.807, 2.05) is 6.07 Å². The minimum Gasteiger partial charge on any atom is -0.468 e. The van der Waals surface area contributed by atoms with E-state index in [0.717, 1.165) is 17.7 Å². The van der Waals surface area contributed by atoms with Crippen LogP contribution in [0, 0.1) is 0 Å². The van der Waals surface area contributed by atoms with Crippen LogP contribution in [0.1, 0.15) is 23.1 Å². The molecule has 0 saturated heterocycles. The Morgan fingerprint density at radius 1 is 1.22 bits per heavy atom. The van der Waals surface area contributed by atoms with Gasteiger partial charge in [-0.15, -0.1) is 11.8 Å². The number of alkyl halides is 3. The van der Waals surface area contributed by atoms with Crippen molar-refractivity contribution in [2.45, 2.75) is 36.9 Å². The average molecular weight is 396 g/mol. The zero-order chi connectivity index (χ0) is 19.3. The number of ether oxygens (including phenoxy) is 1. The first-order valence-electron chi connectivity index (χ1n) is 8.55. The van der Waals surface area contributed by atoms with Gasteiger partial charge in [0.25, 0.3) is 0 Å². The van der Waals surface area contributed by atoms with Crippen molar-refractivity contribution in [2.75, 3.05) is 12.4 Å². The fraction of sp³-hybridized carbons (Fsp3) is 0.368. The maximum Gasteiger partial charge on any atom is 0.422 e. The largest absolute Gasteiger partial charge is 0.468 e. The van der Waals surface area contributed by atoms with Gasteiger partial charge in [0.1, 0.15) is 0 Å². The minimum absolute atomic E-state index is 0.0601. The van der Waals surface area contributed by atoms with Crippen molar-refractivity contribution in [2.24, 2.45) is 0 Å². The van der Waals surface area contributed by atoms with Crippen LogP contribution in [0.15, 0.2) is 41.4 Å². The number of halogens is 3. The molecule has 1 heterocycles. The van der Waals surface area contributed by atoms with Gasteiger partial charge >= 0.3 is 6.18 Å². The highest BCUT2D eigenvalue weighted by Crippen LogP contribution is 2.27. The van der Waals surface area contributed by atoms with Crippen LogP contribution in [-0.4, -0.2) is 29.4 Å². The molecule has 1 N–H and O–H groups in total. The van der Waals surface area contributed by atoms with Gasteiger partial charge in [-0.3, -0.25) is 4.79 Å². The maximum atomic E-state index is 12.3. The number of rotatable bonds is 7. The molecule has 0 bridgehead atoms. The van der Waals surface area contributed by atoms with Gasteiger partial charge in [0, 0.05) is 23.2 Å². The second-order valence-electron chi connectivity index (χ2n) is 6.22. The van der Waals surface area contributed by atoms with Crippen LogP contribution in [-0.2, 0) is 24.2 Å². The number of aryl methyl sites for hydroxylation is 2. The van der Waals surface area contributed by atoms with E-state index in [4.69, 9.17) is 4.74 Å². The number of aromatic nitrogens is 1. The lowest BCUT2D eigenvalue weighted by molar-refractivity contribution is -0.154. The average Bonchev–Trinajstić information content (AvgIpc) is 3.10. The molecule has 1 aromatic heterocycles. The first-order chi connectivity index (χ1) is 12.9. The lowest BCUT2D eigenvalue weighted by atomic mass is 10.1. The first kappa shape index (κ1) is 19.5. The molecule has 27 heavy (non-hydrogen) atoms. The molecule has 1 aromatic carbocycles. The summed E-state index contributed by atoms with van der Waals surface area (Å²) in [5, 5.41) is 2.70. The molecule has 1 amide bonds. The van der Waals surface area contributed by atoms with Crippen molar-refractivity contribution in [3.05, 3.63) is 53.2 Å². The van der Waals surface area contributed by atoms with Gasteiger partial charge in [0.05, 0.1) is 5.75 Å². The number of amides is 1. The highest BCUT2D eigenvalue weighted by atomic mass is 32.2. The van der Waals surface area contributed by atoms with Gasteiger partial charge in [0.15, 0.2) is 6.61 Å². The van der Waals surface area contributed by atoms with Gasteiger partial charge in [-0.2, -0.15) is 13.2 Å². The van der Waals surface area contributed by atoms with E-state index < -0.39 is 12.8 Å². The van der Waals surface area contributed by atoms with Crippen LogP contribution < -0.4 is 10.1 Å². The van der Waals surface area contributed by atoms with Crippen molar-refractivity contribution in [1.82, 2.24) is 10.3 Å². The van der Waals surface area contributed by atoms with E-state index in [1.165, 1.54) is 35.5 Å². The van der Waals surface area contributed by atoms with Crippen molar-refractivity contribution in [3.63, 3.8) is 0 Å². The van der Waals surface area contributed by atoms with Crippen LogP contribution in [0.25, 0.3) is 0 Å².